The summed E-state index contributed by atoms with van der Waals surface area (Å²) in [5.74, 6) is -0.103. The predicted octanol–water partition coefficient (Wildman–Crippen LogP) is 5.26. The number of amides is 1. The quantitative estimate of drug-likeness (QED) is 0.564. The smallest absolute Gasteiger partial charge is 0.273 e. The van der Waals surface area contributed by atoms with Gasteiger partial charge in [0.15, 0.2) is 0 Å². The van der Waals surface area contributed by atoms with E-state index in [0.717, 1.165) is 24.1 Å². The molecule has 0 aromatic heterocycles. The number of hydrogen-bond donors (Lipinski definition) is 1. The molecule has 0 spiro atoms. The van der Waals surface area contributed by atoms with Gasteiger partial charge in [-0.25, -0.2) is 5.43 Å². The average Bonchev–Trinajstić information content (AvgIpc) is 3.41. The molecule has 0 radical (unpaired) electrons. The van der Waals surface area contributed by atoms with E-state index in [9.17, 15) is 18.0 Å². The summed E-state index contributed by atoms with van der Waals surface area (Å²) in [4.78, 5) is 12.2. The Morgan fingerprint density at radius 2 is 1.57 bits per heavy atom. The lowest BCUT2D eigenvalue weighted by atomic mass is 9.86. The summed E-state index contributed by atoms with van der Waals surface area (Å²) >= 11 is 0. The van der Waals surface area contributed by atoms with Gasteiger partial charge in [-0.1, -0.05) is 57.2 Å². The maximum Gasteiger partial charge on any atom is 0.416 e. The summed E-state index contributed by atoms with van der Waals surface area (Å²) < 4.78 is 37.6. The van der Waals surface area contributed by atoms with Gasteiger partial charge < -0.3 is 0 Å². The molecule has 1 aliphatic rings. The second-order valence-electron chi connectivity index (χ2n) is 8.17. The first kappa shape index (κ1) is 20.1. The van der Waals surface area contributed by atoms with Crippen molar-refractivity contribution >= 4 is 12.1 Å². The Bertz CT molecular complexity index is 863. The van der Waals surface area contributed by atoms with Crippen LogP contribution in [0.5, 0.6) is 0 Å². The van der Waals surface area contributed by atoms with E-state index in [2.05, 4.69) is 55.6 Å². The Morgan fingerprint density at radius 1 is 1.00 bits per heavy atom. The molecule has 28 heavy (non-hydrogen) atoms. The molecule has 148 valence electrons. The van der Waals surface area contributed by atoms with Crippen molar-refractivity contribution in [3.05, 3.63) is 70.8 Å². The number of nitrogens with one attached hydrogen (secondary N) is 1. The second-order valence-corrected chi connectivity index (χ2v) is 8.17. The number of alkyl halides is 3. The molecule has 1 amide bonds. The fourth-order valence-electron chi connectivity index (χ4n) is 3.09. The van der Waals surface area contributed by atoms with E-state index < -0.39 is 11.7 Å². The third-order valence-electron chi connectivity index (χ3n) is 4.96. The van der Waals surface area contributed by atoms with Crippen molar-refractivity contribution in [1.82, 2.24) is 5.43 Å². The van der Waals surface area contributed by atoms with Crippen molar-refractivity contribution in [2.45, 2.75) is 44.7 Å². The highest BCUT2D eigenvalue weighted by Gasteiger charge is 2.44. The summed E-state index contributed by atoms with van der Waals surface area (Å²) in [6, 6.07) is 13.0. The zero-order chi connectivity index (χ0) is 20.5. The van der Waals surface area contributed by atoms with E-state index in [1.807, 2.05) is 0 Å². The van der Waals surface area contributed by atoms with Gasteiger partial charge in [-0.2, -0.15) is 18.3 Å². The molecule has 0 aliphatic heterocycles. The number of carbonyl (C=O) groups is 1. The largest absolute Gasteiger partial charge is 0.416 e. The van der Waals surface area contributed by atoms with Gasteiger partial charge in [0.05, 0.1) is 11.8 Å². The monoisotopic (exact) mass is 388 g/mol. The number of hydrogen-bond acceptors (Lipinski definition) is 2. The molecular formula is C22H23F3N2O. The van der Waals surface area contributed by atoms with E-state index in [0.29, 0.717) is 5.56 Å². The topological polar surface area (TPSA) is 41.5 Å². The van der Waals surface area contributed by atoms with Crippen LogP contribution in [0, 0.1) is 5.92 Å². The molecule has 3 nitrogen and oxygen atoms in total. The number of carbonyl (C=O) groups excluding carboxylic acids is 1. The van der Waals surface area contributed by atoms with Crippen LogP contribution in [0.1, 0.15) is 55.4 Å². The summed E-state index contributed by atoms with van der Waals surface area (Å²) in [5, 5.41) is 3.86. The fraction of sp³-hybridized carbons (Fsp3) is 0.364. The van der Waals surface area contributed by atoms with Crippen molar-refractivity contribution in [3.8, 4) is 0 Å². The highest BCUT2D eigenvalue weighted by Crippen LogP contribution is 2.47. The minimum absolute atomic E-state index is 0.0892. The van der Waals surface area contributed by atoms with Gasteiger partial charge in [0.25, 0.3) is 0 Å². The SMILES string of the molecule is CC(C)(C)c1ccc([C@H]2C[C@@H]2C(=O)NN=Cc2ccc(C(F)(F)F)cc2)cc1. The predicted molar refractivity (Wildman–Crippen MR) is 103 cm³/mol. The van der Waals surface area contributed by atoms with Crippen LogP contribution >= 0.6 is 0 Å². The lowest BCUT2D eigenvalue weighted by Crippen LogP contribution is -2.20. The maximum absolute atomic E-state index is 12.5. The van der Waals surface area contributed by atoms with Crippen LogP contribution in [-0.4, -0.2) is 12.1 Å². The first-order valence-corrected chi connectivity index (χ1v) is 9.16. The molecule has 0 saturated heterocycles. The van der Waals surface area contributed by atoms with Gasteiger partial charge in [-0.15, -0.1) is 0 Å². The minimum Gasteiger partial charge on any atom is -0.273 e. The van der Waals surface area contributed by atoms with Gasteiger partial charge in [0, 0.05) is 5.92 Å². The molecule has 1 N–H and O–H groups in total. The Kier molecular flexibility index (Phi) is 5.33. The summed E-state index contributed by atoms with van der Waals surface area (Å²) in [6.07, 6.45) is -2.25. The lowest BCUT2D eigenvalue weighted by molar-refractivity contribution is -0.137. The van der Waals surface area contributed by atoms with Gasteiger partial charge in [0.2, 0.25) is 5.91 Å². The Balaban J connectivity index is 1.53. The number of benzene rings is 2. The van der Waals surface area contributed by atoms with E-state index in [1.165, 1.54) is 23.9 Å². The third kappa shape index (κ3) is 4.80. The molecule has 0 bridgehead atoms. The van der Waals surface area contributed by atoms with Crippen LogP contribution in [-0.2, 0) is 16.4 Å². The number of rotatable bonds is 4. The zero-order valence-electron chi connectivity index (χ0n) is 16.0. The van der Waals surface area contributed by atoms with Crippen LogP contribution in [0.15, 0.2) is 53.6 Å². The first-order chi connectivity index (χ1) is 13.1. The van der Waals surface area contributed by atoms with Gasteiger partial charge in [-0.05, 0) is 46.6 Å². The van der Waals surface area contributed by atoms with Crippen molar-refractivity contribution in [2.75, 3.05) is 0 Å². The maximum atomic E-state index is 12.5. The van der Waals surface area contributed by atoms with Crippen molar-refractivity contribution < 1.29 is 18.0 Å². The first-order valence-electron chi connectivity index (χ1n) is 9.16. The molecule has 0 heterocycles. The van der Waals surface area contributed by atoms with Gasteiger partial charge in [-0.3, -0.25) is 4.79 Å². The second kappa shape index (κ2) is 7.41. The number of halogens is 3. The Morgan fingerprint density at radius 3 is 2.11 bits per heavy atom. The van der Waals surface area contributed by atoms with Gasteiger partial charge in [0.1, 0.15) is 0 Å². The van der Waals surface area contributed by atoms with E-state index in [1.54, 1.807) is 0 Å². The molecule has 6 heteroatoms. The summed E-state index contributed by atoms with van der Waals surface area (Å²) in [5.41, 5.74) is 4.73. The Hall–Kier alpha value is -2.63. The highest BCUT2D eigenvalue weighted by molar-refractivity contribution is 5.85. The van der Waals surface area contributed by atoms with Crippen LogP contribution in [0.25, 0.3) is 0 Å². The average molecular weight is 388 g/mol. The molecule has 3 rings (SSSR count). The van der Waals surface area contributed by atoms with Crippen LogP contribution in [0.2, 0.25) is 0 Å². The molecule has 2 aromatic carbocycles. The third-order valence-corrected chi connectivity index (χ3v) is 4.96. The van der Waals surface area contributed by atoms with Crippen LogP contribution in [0.3, 0.4) is 0 Å². The van der Waals surface area contributed by atoms with Crippen molar-refractivity contribution in [3.63, 3.8) is 0 Å². The molecular weight excluding hydrogens is 365 g/mol. The fourth-order valence-corrected chi connectivity index (χ4v) is 3.09. The normalized spacial score (nSPS) is 19.6. The summed E-state index contributed by atoms with van der Waals surface area (Å²) in [7, 11) is 0. The molecule has 0 unspecified atom stereocenters. The minimum atomic E-state index is -4.37. The standard InChI is InChI=1S/C22H23F3N2O/c1-21(2,3)16-10-6-15(7-11-16)18-12-19(18)20(28)27-26-13-14-4-8-17(9-5-14)22(23,24)25/h4-11,13,18-19H,12H2,1-3H3,(H,27,28)/t18-,19+/m1/s1. The zero-order valence-corrected chi connectivity index (χ0v) is 16.0. The van der Waals surface area contributed by atoms with Crippen LogP contribution in [0.4, 0.5) is 13.2 Å². The van der Waals surface area contributed by atoms with Crippen LogP contribution < -0.4 is 5.43 Å². The van der Waals surface area contributed by atoms with E-state index in [-0.39, 0.29) is 23.2 Å². The molecule has 1 aliphatic carbocycles. The van der Waals surface area contributed by atoms with Crippen molar-refractivity contribution in [1.29, 1.82) is 0 Å². The molecule has 1 fully saturated rings. The molecule has 1 saturated carbocycles. The lowest BCUT2D eigenvalue weighted by Gasteiger charge is -2.19. The number of hydrazone groups is 1. The molecule has 2 aromatic rings. The van der Waals surface area contributed by atoms with E-state index in [4.69, 9.17) is 0 Å². The van der Waals surface area contributed by atoms with E-state index >= 15 is 0 Å². The highest BCUT2D eigenvalue weighted by atomic mass is 19.4. The van der Waals surface area contributed by atoms with Gasteiger partial charge >= 0.3 is 6.18 Å². The number of nitrogens with zero attached hydrogens (tertiary/aromatic N) is 1. The summed E-state index contributed by atoms with van der Waals surface area (Å²) in [6.45, 7) is 6.47. The molecule has 2 atom stereocenters. The van der Waals surface area contributed by atoms with Crippen molar-refractivity contribution in [2.24, 2.45) is 11.0 Å². The Labute approximate surface area is 162 Å².